The molecule has 0 aromatic rings. The van der Waals surface area contributed by atoms with Gasteiger partial charge in [-0.15, -0.1) is 0 Å². The third kappa shape index (κ3) is 4.94. The molecule has 0 bridgehead atoms. The number of hydrogen-bond acceptors (Lipinski definition) is 3. The second kappa shape index (κ2) is 8.06. The summed E-state index contributed by atoms with van der Waals surface area (Å²) in [4.78, 5) is 2.56. The van der Waals surface area contributed by atoms with Crippen molar-refractivity contribution in [2.75, 3.05) is 33.4 Å². The molecule has 0 saturated heterocycles. The number of rotatable bonds is 8. The molecule has 0 heterocycles. The summed E-state index contributed by atoms with van der Waals surface area (Å²) >= 11 is 0. The van der Waals surface area contributed by atoms with Gasteiger partial charge in [0.1, 0.15) is 0 Å². The zero-order valence-electron chi connectivity index (χ0n) is 11.8. The summed E-state index contributed by atoms with van der Waals surface area (Å²) in [7, 11) is 1.78. The highest BCUT2D eigenvalue weighted by molar-refractivity contribution is 4.84. The van der Waals surface area contributed by atoms with Crippen LogP contribution in [0.15, 0.2) is 0 Å². The fourth-order valence-electron chi connectivity index (χ4n) is 3.05. The van der Waals surface area contributed by atoms with Crippen LogP contribution in [0.5, 0.6) is 0 Å². The first-order chi connectivity index (χ1) is 8.19. The Bertz CT molecular complexity index is 191. The molecular formula is C14H30N2O. The number of hydrogen-bond donors (Lipinski definition) is 1. The quantitative estimate of drug-likeness (QED) is 0.708. The Morgan fingerprint density at radius 3 is 2.41 bits per heavy atom. The lowest BCUT2D eigenvalue weighted by Crippen LogP contribution is -2.47. The SMILES string of the molecule is COCCN(CC(C)C)C(CN)C1CCCC1. The first-order valence-electron chi connectivity index (χ1n) is 7.12. The van der Waals surface area contributed by atoms with Crippen LogP contribution in [0.2, 0.25) is 0 Å². The maximum absolute atomic E-state index is 6.02. The van der Waals surface area contributed by atoms with Crippen LogP contribution < -0.4 is 5.73 Å². The van der Waals surface area contributed by atoms with Gasteiger partial charge in [0.15, 0.2) is 0 Å². The Labute approximate surface area is 107 Å². The molecule has 0 aromatic heterocycles. The molecule has 1 atom stereocenters. The largest absolute Gasteiger partial charge is 0.383 e. The smallest absolute Gasteiger partial charge is 0.0589 e. The lowest BCUT2D eigenvalue weighted by Gasteiger charge is -2.36. The topological polar surface area (TPSA) is 38.5 Å². The summed E-state index contributed by atoms with van der Waals surface area (Å²) in [6.45, 7) is 8.33. The van der Waals surface area contributed by atoms with Gasteiger partial charge in [0.2, 0.25) is 0 Å². The highest BCUT2D eigenvalue weighted by Crippen LogP contribution is 2.30. The summed E-state index contributed by atoms with van der Waals surface area (Å²) < 4.78 is 5.23. The summed E-state index contributed by atoms with van der Waals surface area (Å²) in [6.07, 6.45) is 5.51. The zero-order chi connectivity index (χ0) is 12.7. The van der Waals surface area contributed by atoms with E-state index in [-0.39, 0.29) is 0 Å². The average Bonchev–Trinajstić information content (AvgIpc) is 2.79. The fraction of sp³-hybridized carbons (Fsp3) is 1.00. The lowest BCUT2D eigenvalue weighted by atomic mass is 9.95. The van der Waals surface area contributed by atoms with Crippen molar-refractivity contribution in [3.05, 3.63) is 0 Å². The van der Waals surface area contributed by atoms with Crippen LogP contribution in [0.4, 0.5) is 0 Å². The Hall–Kier alpha value is -0.120. The molecule has 0 aromatic carbocycles. The zero-order valence-corrected chi connectivity index (χ0v) is 11.8. The van der Waals surface area contributed by atoms with Gasteiger partial charge >= 0.3 is 0 Å². The molecule has 17 heavy (non-hydrogen) atoms. The van der Waals surface area contributed by atoms with Crippen molar-refractivity contribution < 1.29 is 4.74 Å². The van der Waals surface area contributed by atoms with Gasteiger partial charge in [-0.2, -0.15) is 0 Å². The minimum atomic E-state index is 0.565. The summed E-state index contributed by atoms with van der Waals surface area (Å²) in [5.41, 5.74) is 6.02. The van der Waals surface area contributed by atoms with Gasteiger partial charge in [-0.05, 0) is 24.7 Å². The number of ether oxygens (including phenoxy) is 1. The molecule has 1 aliphatic carbocycles. The summed E-state index contributed by atoms with van der Waals surface area (Å²) in [6, 6.07) is 0.565. The maximum Gasteiger partial charge on any atom is 0.0589 e. The predicted molar refractivity (Wildman–Crippen MR) is 73.1 cm³/mol. The van der Waals surface area contributed by atoms with Gasteiger partial charge in [0.05, 0.1) is 6.61 Å². The molecule has 102 valence electrons. The van der Waals surface area contributed by atoms with Crippen LogP contribution in [0, 0.1) is 11.8 Å². The van der Waals surface area contributed by atoms with Crippen molar-refractivity contribution in [3.63, 3.8) is 0 Å². The maximum atomic E-state index is 6.02. The van der Waals surface area contributed by atoms with Crippen LogP contribution in [-0.2, 0) is 4.74 Å². The first-order valence-corrected chi connectivity index (χ1v) is 7.12. The Morgan fingerprint density at radius 1 is 1.29 bits per heavy atom. The van der Waals surface area contributed by atoms with E-state index in [2.05, 4.69) is 18.7 Å². The fourth-order valence-corrected chi connectivity index (χ4v) is 3.05. The van der Waals surface area contributed by atoms with Crippen LogP contribution in [-0.4, -0.2) is 44.3 Å². The normalized spacial score (nSPS) is 19.4. The Kier molecular flexibility index (Phi) is 7.09. The number of methoxy groups -OCH3 is 1. The highest BCUT2D eigenvalue weighted by atomic mass is 16.5. The molecule has 1 aliphatic rings. The minimum absolute atomic E-state index is 0.565. The predicted octanol–water partition coefficient (Wildman–Crippen LogP) is 2.11. The molecule has 0 amide bonds. The third-order valence-electron chi connectivity index (χ3n) is 3.84. The van der Waals surface area contributed by atoms with Crippen molar-refractivity contribution in [1.29, 1.82) is 0 Å². The van der Waals surface area contributed by atoms with E-state index < -0.39 is 0 Å². The van der Waals surface area contributed by atoms with Gasteiger partial charge in [0, 0.05) is 32.8 Å². The average molecular weight is 242 g/mol. The number of nitrogens with zero attached hydrogens (tertiary/aromatic N) is 1. The van der Waals surface area contributed by atoms with Crippen molar-refractivity contribution in [1.82, 2.24) is 4.90 Å². The van der Waals surface area contributed by atoms with E-state index in [9.17, 15) is 0 Å². The molecule has 1 saturated carbocycles. The molecule has 0 spiro atoms. The van der Waals surface area contributed by atoms with Crippen molar-refractivity contribution in [2.24, 2.45) is 17.6 Å². The van der Waals surface area contributed by atoms with Crippen molar-refractivity contribution in [3.8, 4) is 0 Å². The lowest BCUT2D eigenvalue weighted by molar-refractivity contribution is 0.0873. The van der Waals surface area contributed by atoms with Gasteiger partial charge < -0.3 is 10.5 Å². The van der Waals surface area contributed by atoms with Gasteiger partial charge in [-0.3, -0.25) is 4.90 Å². The van der Waals surface area contributed by atoms with E-state index >= 15 is 0 Å². The van der Waals surface area contributed by atoms with E-state index in [0.717, 1.165) is 32.2 Å². The second-order valence-corrected chi connectivity index (χ2v) is 5.73. The monoisotopic (exact) mass is 242 g/mol. The highest BCUT2D eigenvalue weighted by Gasteiger charge is 2.28. The van der Waals surface area contributed by atoms with Crippen molar-refractivity contribution >= 4 is 0 Å². The van der Waals surface area contributed by atoms with E-state index in [1.165, 1.54) is 25.7 Å². The van der Waals surface area contributed by atoms with E-state index in [1.807, 2.05) is 0 Å². The molecule has 3 nitrogen and oxygen atoms in total. The van der Waals surface area contributed by atoms with Gasteiger partial charge in [-0.1, -0.05) is 26.7 Å². The molecule has 3 heteroatoms. The Morgan fingerprint density at radius 2 is 1.94 bits per heavy atom. The van der Waals surface area contributed by atoms with Crippen LogP contribution in [0.1, 0.15) is 39.5 Å². The van der Waals surface area contributed by atoms with Crippen LogP contribution in [0.25, 0.3) is 0 Å². The first kappa shape index (κ1) is 14.9. The van der Waals surface area contributed by atoms with Crippen LogP contribution in [0.3, 0.4) is 0 Å². The molecule has 0 aliphatic heterocycles. The standard InChI is InChI=1S/C14H30N2O/c1-12(2)11-16(8-9-17-3)14(10-15)13-6-4-5-7-13/h12-14H,4-11,15H2,1-3H3. The third-order valence-corrected chi connectivity index (χ3v) is 3.84. The second-order valence-electron chi connectivity index (χ2n) is 5.73. The molecule has 1 unspecified atom stereocenters. The summed E-state index contributed by atoms with van der Waals surface area (Å²) in [5.74, 6) is 1.51. The van der Waals surface area contributed by atoms with Crippen molar-refractivity contribution in [2.45, 2.75) is 45.6 Å². The van der Waals surface area contributed by atoms with Gasteiger partial charge in [0.25, 0.3) is 0 Å². The summed E-state index contributed by atoms with van der Waals surface area (Å²) in [5, 5.41) is 0. The molecule has 0 radical (unpaired) electrons. The van der Waals surface area contributed by atoms with Crippen LogP contribution >= 0.6 is 0 Å². The van der Waals surface area contributed by atoms with Gasteiger partial charge in [-0.25, -0.2) is 0 Å². The minimum Gasteiger partial charge on any atom is -0.383 e. The number of nitrogens with two attached hydrogens (primary N) is 1. The Balaban J connectivity index is 2.55. The van der Waals surface area contributed by atoms with E-state index in [0.29, 0.717) is 12.0 Å². The molecular weight excluding hydrogens is 212 g/mol. The molecule has 1 fully saturated rings. The van der Waals surface area contributed by atoms with E-state index in [4.69, 9.17) is 10.5 Å². The van der Waals surface area contributed by atoms with E-state index in [1.54, 1.807) is 7.11 Å². The molecule has 2 N–H and O–H groups in total. The molecule has 1 rings (SSSR count).